The first kappa shape index (κ1) is 15.7. The summed E-state index contributed by atoms with van der Waals surface area (Å²) in [7, 11) is 0. The van der Waals surface area contributed by atoms with E-state index in [9.17, 15) is 0 Å². The Morgan fingerprint density at radius 2 is 2.08 bits per heavy atom. The second kappa shape index (κ2) is 6.02. The molecule has 0 unspecified atom stereocenters. The molecular weight excluding hydrogens is 346 g/mol. The molecule has 26 heavy (non-hydrogen) atoms. The molecule has 6 heteroatoms. The number of aromatic amines is 1. The third-order valence-corrected chi connectivity index (χ3v) is 5.79. The number of hydrogen-bond acceptors (Lipinski definition) is 3. The highest BCUT2D eigenvalue weighted by molar-refractivity contribution is 6.30. The van der Waals surface area contributed by atoms with Gasteiger partial charge >= 0.3 is 0 Å². The summed E-state index contributed by atoms with van der Waals surface area (Å²) in [5.74, 6) is 2.04. The first-order valence-electron chi connectivity index (χ1n) is 9.00. The quantitative estimate of drug-likeness (QED) is 0.569. The van der Waals surface area contributed by atoms with Crippen LogP contribution in [0.3, 0.4) is 0 Å². The number of anilines is 1. The Balaban J connectivity index is 1.58. The summed E-state index contributed by atoms with van der Waals surface area (Å²) < 4.78 is 2.25. The van der Waals surface area contributed by atoms with Gasteiger partial charge in [0.1, 0.15) is 5.82 Å². The van der Waals surface area contributed by atoms with E-state index in [1.54, 1.807) is 0 Å². The first-order valence-corrected chi connectivity index (χ1v) is 9.38. The number of aromatic nitrogens is 4. The number of nitrogens with zero attached hydrogens (tertiary/aromatic N) is 4. The Bertz CT molecular complexity index is 1080. The first-order chi connectivity index (χ1) is 12.7. The molecule has 1 aromatic carbocycles. The largest absolute Gasteiger partial charge is 0.371 e. The van der Waals surface area contributed by atoms with Crippen LogP contribution in [0.5, 0.6) is 0 Å². The van der Waals surface area contributed by atoms with Crippen molar-refractivity contribution in [3.8, 4) is 0 Å². The van der Waals surface area contributed by atoms with E-state index in [0.29, 0.717) is 11.8 Å². The maximum Gasteiger partial charge on any atom is 0.154 e. The van der Waals surface area contributed by atoms with Crippen LogP contribution >= 0.6 is 11.6 Å². The third-order valence-electron chi connectivity index (χ3n) is 5.55. The highest BCUT2D eigenvalue weighted by Crippen LogP contribution is 2.35. The second-order valence-electron chi connectivity index (χ2n) is 7.14. The van der Waals surface area contributed by atoms with E-state index in [1.165, 1.54) is 5.69 Å². The van der Waals surface area contributed by atoms with Crippen LogP contribution in [0.25, 0.3) is 16.7 Å². The lowest BCUT2D eigenvalue weighted by Gasteiger charge is -2.38. The average Bonchev–Trinajstić information content (AvgIpc) is 3.28. The fourth-order valence-corrected chi connectivity index (χ4v) is 4.26. The minimum atomic E-state index is 0.353. The fraction of sp³-hybridized carbons (Fsp3) is 0.300. The monoisotopic (exact) mass is 365 g/mol. The van der Waals surface area contributed by atoms with Crippen LogP contribution in [0, 0.1) is 5.92 Å². The molecule has 0 aliphatic carbocycles. The highest BCUT2D eigenvalue weighted by atomic mass is 35.5. The lowest BCUT2D eigenvalue weighted by Crippen LogP contribution is -2.39. The molecule has 5 rings (SSSR count). The predicted octanol–water partition coefficient (Wildman–Crippen LogP) is 4.49. The van der Waals surface area contributed by atoms with Crippen LogP contribution in [0.1, 0.15) is 25.1 Å². The number of fused-ring (bicyclic) bond motifs is 3. The molecule has 0 radical (unpaired) electrons. The molecule has 3 aromatic heterocycles. The predicted molar refractivity (Wildman–Crippen MR) is 105 cm³/mol. The third kappa shape index (κ3) is 2.46. The summed E-state index contributed by atoms with van der Waals surface area (Å²) in [5.41, 5.74) is 4.21. The van der Waals surface area contributed by atoms with Crippen molar-refractivity contribution >= 4 is 34.0 Å². The van der Waals surface area contributed by atoms with Crippen molar-refractivity contribution in [3.05, 3.63) is 59.8 Å². The maximum absolute atomic E-state index is 6.21. The summed E-state index contributed by atoms with van der Waals surface area (Å²) in [6, 6.07) is 10.2. The highest BCUT2D eigenvalue weighted by Gasteiger charge is 2.31. The van der Waals surface area contributed by atoms with Gasteiger partial charge in [0.15, 0.2) is 5.65 Å². The standard InChI is InChI=1S/C20H20ClN5/c1-13-6-8-25(15-4-2-3-14(21)9-15)12-17(13)20-24-11-16-10-23-19-18(26(16)20)5-7-22-19/h2-5,7,9-11,13,17,22H,6,8,12H2,1H3/t13-,17+/m1/s1. The van der Waals surface area contributed by atoms with Gasteiger partial charge in [0.25, 0.3) is 0 Å². The molecule has 132 valence electrons. The molecule has 1 aliphatic heterocycles. The summed E-state index contributed by atoms with van der Waals surface area (Å²) in [5, 5.41) is 0.782. The Hall–Kier alpha value is -2.53. The Morgan fingerprint density at radius 1 is 1.19 bits per heavy atom. The zero-order valence-electron chi connectivity index (χ0n) is 14.6. The van der Waals surface area contributed by atoms with Gasteiger partial charge in [0.05, 0.1) is 23.4 Å². The topological polar surface area (TPSA) is 49.2 Å². The van der Waals surface area contributed by atoms with Gasteiger partial charge in [-0.1, -0.05) is 24.6 Å². The molecule has 4 aromatic rings. The SMILES string of the molecule is C[C@@H]1CCN(c2cccc(Cl)c2)C[C@@H]1c1ncc2cnc3[nH]ccc3n12. The van der Waals surface area contributed by atoms with E-state index in [1.807, 2.05) is 36.8 Å². The Labute approximate surface area is 156 Å². The van der Waals surface area contributed by atoms with E-state index in [2.05, 4.69) is 38.3 Å². The molecule has 0 bridgehead atoms. The number of hydrogen-bond donors (Lipinski definition) is 1. The lowest BCUT2D eigenvalue weighted by molar-refractivity contribution is 0.367. The van der Waals surface area contributed by atoms with Gasteiger partial charge in [-0.15, -0.1) is 0 Å². The molecule has 5 nitrogen and oxygen atoms in total. The van der Waals surface area contributed by atoms with Gasteiger partial charge in [0.2, 0.25) is 0 Å². The van der Waals surface area contributed by atoms with Crippen molar-refractivity contribution in [2.75, 3.05) is 18.0 Å². The molecule has 2 atom stereocenters. The van der Waals surface area contributed by atoms with Crippen molar-refractivity contribution in [1.29, 1.82) is 0 Å². The Kier molecular flexibility index (Phi) is 3.64. The van der Waals surface area contributed by atoms with Crippen molar-refractivity contribution in [2.24, 2.45) is 5.92 Å². The summed E-state index contributed by atoms with van der Waals surface area (Å²) in [6.45, 7) is 4.31. The van der Waals surface area contributed by atoms with E-state index >= 15 is 0 Å². The second-order valence-corrected chi connectivity index (χ2v) is 7.58. The van der Waals surface area contributed by atoms with Crippen LogP contribution in [0.15, 0.2) is 48.9 Å². The number of H-pyrrole nitrogens is 1. The molecule has 1 fully saturated rings. The van der Waals surface area contributed by atoms with Crippen LogP contribution in [-0.4, -0.2) is 32.4 Å². The lowest BCUT2D eigenvalue weighted by atomic mass is 9.86. The molecule has 0 amide bonds. The van der Waals surface area contributed by atoms with Crippen LogP contribution < -0.4 is 4.90 Å². The van der Waals surface area contributed by atoms with Crippen LogP contribution in [-0.2, 0) is 0 Å². The van der Waals surface area contributed by atoms with E-state index in [-0.39, 0.29) is 0 Å². The van der Waals surface area contributed by atoms with Gasteiger partial charge in [-0.25, -0.2) is 9.97 Å². The van der Waals surface area contributed by atoms with E-state index < -0.39 is 0 Å². The molecular formula is C20H20ClN5. The van der Waals surface area contributed by atoms with Crippen LogP contribution in [0.4, 0.5) is 5.69 Å². The zero-order valence-corrected chi connectivity index (χ0v) is 15.3. The van der Waals surface area contributed by atoms with Gasteiger partial charge in [0, 0.05) is 35.9 Å². The summed E-state index contributed by atoms with van der Waals surface area (Å²) in [4.78, 5) is 14.9. The molecule has 1 saturated heterocycles. The molecule has 4 heterocycles. The molecule has 0 spiro atoms. The number of halogens is 1. The number of piperidine rings is 1. The van der Waals surface area contributed by atoms with Gasteiger partial charge < -0.3 is 9.88 Å². The van der Waals surface area contributed by atoms with Crippen LogP contribution in [0.2, 0.25) is 5.02 Å². The van der Waals surface area contributed by atoms with Crippen molar-refractivity contribution in [1.82, 2.24) is 19.4 Å². The van der Waals surface area contributed by atoms with E-state index in [0.717, 1.165) is 47.0 Å². The summed E-state index contributed by atoms with van der Waals surface area (Å²) in [6.07, 6.45) is 6.88. The van der Waals surface area contributed by atoms with Crippen molar-refractivity contribution in [3.63, 3.8) is 0 Å². The minimum absolute atomic E-state index is 0.353. The Morgan fingerprint density at radius 3 is 2.96 bits per heavy atom. The minimum Gasteiger partial charge on any atom is -0.371 e. The van der Waals surface area contributed by atoms with Gasteiger partial charge in [-0.3, -0.25) is 4.40 Å². The molecule has 1 aliphatic rings. The normalized spacial score (nSPS) is 20.9. The van der Waals surface area contributed by atoms with Crippen molar-refractivity contribution in [2.45, 2.75) is 19.3 Å². The van der Waals surface area contributed by atoms with Gasteiger partial charge in [-0.05, 0) is 36.6 Å². The smallest absolute Gasteiger partial charge is 0.154 e. The van der Waals surface area contributed by atoms with Crippen molar-refractivity contribution < 1.29 is 0 Å². The average molecular weight is 366 g/mol. The summed E-state index contributed by atoms with van der Waals surface area (Å²) >= 11 is 6.21. The number of nitrogens with one attached hydrogen (secondary N) is 1. The van der Waals surface area contributed by atoms with E-state index in [4.69, 9.17) is 16.6 Å². The fourth-order valence-electron chi connectivity index (χ4n) is 4.07. The van der Waals surface area contributed by atoms with Gasteiger partial charge in [-0.2, -0.15) is 0 Å². The zero-order chi connectivity index (χ0) is 17.7. The number of benzene rings is 1. The maximum atomic E-state index is 6.21. The molecule has 0 saturated carbocycles. The number of rotatable bonds is 2. The number of imidazole rings is 1. The molecule has 1 N–H and O–H groups in total.